The van der Waals surface area contributed by atoms with Crippen molar-refractivity contribution in [3.05, 3.63) is 101 Å². The second kappa shape index (κ2) is 8.90. The van der Waals surface area contributed by atoms with Crippen molar-refractivity contribution >= 4 is 40.3 Å². The predicted octanol–water partition coefficient (Wildman–Crippen LogP) is 5.64. The molecule has 0 saturated carbocycles. The summed E-state index contributed by atoms with van der Waals surface area (Å²) in [5.41, 5.74) is 3.64. The number of anilines is 1. The van der Waals surface area contributed by atoms with Gasteiger partial charge in [-0.3, -0.25) is 9.69 Å². The maximum atomic E-state index is 13.3. The molecule has 1 amide bonds. The van der Waals surface area contributed by atoms with Gasteiger partial charge in [-0.1, -0.05) is 54.6 Å². The number of benzene rings is 3. The normalized spacial score (nSPS) is 16.7. The van der Waals surface area contributed by atoms with E-state index in [1.54, 1.807) is 12.0 Å². The molecule has 4 nitrogen and oxygen atoms in total. The van der Waals surface area contributed by atoms with Gasteiger partial charge in [-0.05, 0) is 59.3 Å². The summed E-state index contributed by atoms with van der Waals surface area (Å²) < 4.78 is 5.21. The number of amidine groups is 1. The molecule has 0 atom stereocenters. The number of rotatable bonds is 5. The first-order valence-corrected chi connectivity index (χ1v) is 10.1. The topological polar surface area (TPSA) is 41.9 Å². The summed E-state index contributed by atoms with van der Waals surface area (Å²) in [5.74, 6) is -0.0759. The molecule has 29 heavy (non-hydrogen) atoms. The monoisotopic (exact) mass is 400 g/mol. The fourth-order valence-electron chi connectivity index (χ4n) is 3.06. The van der Waals surface area contributed by atoms with Crippen LogP contribution in [0.5, 0.6) is 0 Å². The van der Waals surface area contributed by atoms with Crippen LogP contribution in [0.1, 0.15) is 11.1 Å². The van der Waals surface area contributed by atoms with E-state index in [1.807, 2.05) is 91.0 Å². The molecule has 4 rings (SSSR count). The van der Waals surface area contributed by atoms with E-state index in [1.165, 1.54) is 11.8 Å². The SMILES string of the molecule is COCc1cccc(/C=C2\SC(=Nc3ccccc3)N(c3ccccc3)C2=O)c1. The molecule has 0 N–H and O–H groups in total. The second-order valence-corrected chi connectivity index (χ2v) is 7.50. The minimum atomic E-state index is -0.0759. The molecule has 1 fully saturated rings. The minimum absolute atomic E-state index is 0.0759. The zero-order valence-electron chi connectivity index (χ0n) is 16.0. The summed E-state index contributed by atoms with van der Waals surface area (Å²) >= 11 is 1.39. The summed E-state index contributed by atoms with van der Waals surface area (Å²) in [6.07, 6.45) is 1.91. The van der Waals surface area contributed by atoms with Crippen molar-refractivity contribution in [2.24, 2.45) is 4.99 Å². The highest BCUT2D eigenvalue weighted by Gasteiger charge is 2.34. The number of hydrogen-bond acceptors (Lipinski definition) is 4. The van der Waals surface area contributed by atoms with Crippen molar-refractivity contribution in [1.29, 1.82) is 0 Å². The molecule has 5 heteroatoms. The summed E-state index contributed by atoms with van der Waals surface area (Å²) in [5, 5.41) is 0.645. The molecule has 0 radical (unpaired) electrons. The molecule has 0 unspecified atom stereocenters. The zero-order valence-corrected chi connectivity index (χ0v) is 16.8. The maximum Gasteiger partial charge on any atom is 0.271 e. The quantitative estimate of drug-likeness (QED) is 0.520. The Kier molecular flexibility index (Phi) is 5.89. The Morgan fingerprint density at radius 3 is 2.41 bits per heavy atom. The highest BCUT2D eigenvalue weighted by atomic mass is 32.2. The first kappa shape index (κ1) is 19.2. The Morgan fingerprint density at radius 2 is 1.69 bits per heavy atom. The van der Waals surface area contributed by atoms with Crippen molar-refractivity contribution in [2.75, 3.05) is 12.0 Å². The van der Waals surface area contributed by atoms with Crippen molar-refractivity contribution in [3.63, 3.8) is 0 Å². The lowest BCUT2D eigenvalue weighted by molar-refractivity contribution is -0.113. The van der Waals surface area contributed by atoms with Crippen LogP contribution in [0.2, 0.25) is 0 Å². The smallest absolute Gasteiger partial charge is 0.271 e. The molecule has 1 saturated heterocycles. The van der Waals surface area contributed by atoms with Gasteiger partial charge in [0.25, 0.3) is 5.91 Å². The third-order valence-corrected chi connectivity index (χ3v) is 5.33. The number of thioether (sulfide) groups is 1. The van der Waals surface area contributed by atoms with Gasteiger partial charge in [0.2, 0.25) is 0 Å². The highest BCUT2D eigenvalue weighted by Crippen LogP contribution is 2.37. The van der Waals surface area contributed by atoms with Crippen LogP contribution in [0.25, 0.3) is 6.08 Å². The summed E-state index contributed by atoms with van der Waals surface area (Å²) in [6, 6.07) is 27.3. The minimum Gasteiger partial charge on any atom is -0.380 e. The van der Waals surface area contributed by atoms with Gasteiger partial charge in [0.15, 0.2) is 5.17 Å². The highest BCUT2D eigenvalue weighted by molar-refractivity contribution is 8.19. The Morgan fingerprint density at radius 1 is 0.966 bits per heavy atom. The van der Waals surface area contributed by atoms with Crippen LogP contribution in [0.4, 0.5) is 11.4 Å². The zero-order chi connectivity index (χ0) is 20.1. The van der Waals surface area contributed by atoms with E-state index in [4.69, 9.17) is 9.73 Å². The molecule has 3 aromatic rings. The fraction of sp³-hybridized carbons (Fsp3) is 0.0833. The van der Waals surface area contributed by atoms with E-state index in [2.05, 4.69) is 0 Å². The van der Waals surface area contributed by atoms with Crippen LogP contribution < -0.4 is 4.90 Å². The van der Waals surface area contributed by atoms with Crippen LogP contribution in [0.3, 0.4) is 0 Å². The summed E-state index contributed by atoms with van der Waals surface area (Å²) in [7, 11) is 1.67. The molecular formula is C24H20N2O2S. The van der Waals surface area contributed by atoms with Crippen molar-refractivity contribution in [3.8, 4) is 0 Å². The number of carbonyl (C=O) groups is 1. The Hall–Kier alpha value is -3.15. The van der Waals surface area contributed by atoms with E-state index < -0.39 is 0 Å². The van der Waals surface area contributed by atoms with Gasteiger partial charge >= 0.3 is 0 Å². The lowest BCUT2D eigenvalue weighted by Crippen LogP contribution is -2.28. The van der Waals surface area contributed by atoms with Gasteiger partial charge in [0, 0.05) is 7.11 Å². The van der Waals surface area contributed by atoms with E-state index in [0.717, 1.165) is 22.5 Å². The second-order valence-electron chi connectivity index (χ2n) is 6.49. The number of nitrogens with zero attached hydrogens (tertiary/aromatic N) is 2. The first-order valence-electron chi connectivity index (χ1n) is 9.25. The van der Waals surface area contributed by atoms with E-state index in [9.17, 15) is 4.79 Å². The number of para-hydroxylation sites is 2. The number of amides is 1. The van der Waals surface area contributed by atoms with Gasteiger partial charge in [0.1, 0.15) is 0 Å². The Labute approximate surface area is 174 Å². The molecule has 0 spiro atoms. The summed E-state index contributed by atoms with van der Waals surface area (Å²) in [4.78, 5) is 20.3. The molecule has 0 bridgehead atoms. The van der Waals surface area contributed by atoms with Crippen molar-refractivity contribution in [2.45, 2.75) is 6.61 Å². The van der Waals surface area contributed by atoms with E-state index >= 15 is 0 Å². The van der Waals surface area contributed by atoms with Gasteiger partial charge in [-0.25, -0.2) is 4.99 Å². The molecular weight excluding hydrogens is 380 g/mol. The van der Waals surface area contributed by atoms with Crippen molar-refractivity contribution < 1.29 is 9.53 Å². The van der Waals surface area contributed by atoms with Crippen LogP contribution >= 0.6 is 11.8 Å². The van der Waals surface area contributed by atoms with Gasteiger partial charge in [0.05, 0.1) is 22.9 Å². The Balaban J connectivity index is 1.73. The molecule has 0 aliphatic carbocycles. The number of methoxy groups -OCH3 is 1. The van der Waals surface area contributed by atoms with E-state index in [-0.39, 0.29) is 5.91 Å². The lowest BCUT2D eigenvalue weighted by atomic mass is 10.1. The van der Waals surface area contributed by atoms with Gasteiger partial charge < -0.3 is 4.74 Å². The third kappa shape index (κ3) is 4.47. The number of aliphatic imine (C=N–C) groups is 1. The standard InChI is InChI=1S/C24H20N2O2S/c1-28-17-19-10-8-9-18(15-19)16-22-23(27)26(21-13-6-3-7-14-21)24(29-22)25-20-11-4-2-5-12-20/h2-16H,17H2,1H3/b22-16-,25-24?. The first-order chi connectivity index (χ1) is 14.2. The average Bonchev–Trinajstić information content (AvgIpc) is 3.04. The van der Waals surface area contributed by atoms with Crippen LogP contribution in [-0.2, 0) is 16.1 Å². The third-order valence-electron chi connectivity index (χ3n) is 4.36. The van der Waals surface area contributed by atoms with E-state index in [0.29, 0.717) is 16.7 Å². The number of carbonyl (C=O) groups excluding carboxylic acids is 1. The summed E-state index contributed by atoms with van der Waals surface area (Å²) in [6.45, 7) is 0.537. The molecule has 0 aromatic heterocycles. The number of hydrogen-bond donors (Lipinski definition) is 0. The van der Waals surface area contributed by atoms with Crippen LogP contribution in [-0.4, -0.2) is 18.2 Å². The average molecular weight is 401 g/mol. The lowest BCUT2D eigenvalue weighted by Gasteiger charge is -2.15. The largest absolute Gasteiger partial charge is 0.380 e. The molecule has 1 heterocycles. The maximum absolute atomic E-state index is 13.3. The Bertz CT molecular complexity index is 1060. The molecule has 1 aliphatic rings. The molecule has 1 aliphatic heterocycles. The van der Waals surface area contributed by atoms with Crippen LogP contribution in [0.15, 0.2) is 94.8 Å². The fourth-order valence-corrected chi connectivity index (χ4v) is 4.06. The van der Waals surface area contributed by atoms with Gasteiger partial charge in [-0.15, -0.1) is 0 Å². The molecule has 3 aromatic carbocycles. The van der Waals surface area contributed by atoms with Crippen molar-refractivity contribution in [1.82, 2.24) is 0 Å². The van der Waals surface area contributed by atoms with Crippen LogP contribution in [0, 0.1) is 0 Å². The predicted molar refractivity (Wildman–Crippen MR) is 120 cm³/mol. The molecule has 144 valence electrons. The van der Waals surface area contributed by atoms with Gasteiger partial charge in [-0.2, -0.15) is 0 Å². The number of ether oxygens (including phenoxy) is 1.